The van der Waals surface area contributed by atoms with E-state index < -0.39 is 15.8 Å². The van der Waals surface area contributed by atoms with E-state index >= 15 is 0 Å². The second-order valence-corrected chi connectivity index (χ2v) is 5.96. The van der Waals surface area contributed by atoms with Crippen molar-refractivity contribution in [2.24, 2.45) is 5.73 Å². The van der Waals surface area contributed by atoms with E-state index in [1.807, 2.05) is 0 Å². The van der Waals surface area contributed by atoms with E-state index in [1.165, 1.54) is 7.11 Å². The Balaban J connectivity index is 2.89. The number of hydrogen-bond acceptors (Lipinski definition) is 4. The minimum Gasteiger partial charge on any atom is -0.389 e. The van der Waals surface area contributed by atoms with Crippen LogP contribution in [-0.4, -0.2) is 33.7 Å². The molecule has 0 fully saturated rings. The lowest BCUT2D eigenvalue weighted by Gasteiger charge is -2.08. The molecule has 1 aromatic rings. The summed E-state index contributed by atoms with van der Waals surface area (Å²) in [6.07, 6.45) is 0.541. The molecule has 0 aliphatic heterocycles. The van der Waals surface area contributed by atoms with Crippen molar-refractivity contribution in [3.05, 3.63) is 29.6 Å². The van der Waals surface area contributed by atoms with Gasteiger partial charge in [-0.2, -0.15) is 0 Å². The summed E-state index contributed by atoms with van der Waals surface area (Å²) in [6.45, 7) is 0.681. The molecule has 0 aromatic heterocycles. The molecule has 0 atom stereocenters. The molecule has 19 heavy (non-hydrogen) atoms. The fourth-order valence-corrected chi connectivity index (χ4v) is 2.62. The van der Waals surface area contributed by atoms with Crippen molar-refractivity contribution in [3.8, 4) is 0 Å². The molecule has 0 saturated carbocycles. The molecule has 0 saturated heterocycles. The van der Waals surface area contributed by atoms with Crippen LogP contribution in [0.15, 0.2) is 23.1 Å². The average Bonchev–Trinajstić information content (AvgIpc) is 2.34. The second-order valence-electron chi connectivity index (χ2n) is 3.75. The number of hydrogen-bond donors (Lipinski definition) is 2. The predicted octanol–water partition coefficient (Wildman–Crippen LogP) is 0.775. The SMILES string of the molecule is COCCCNS(=O)(=O)c1ccc(F)c(C(N)=S)c1. The molecule has 8 heteroatoms. The molecule has 0 heterocycles. The largest absolute Gasteiger partial charge is 0.389 e. The van der Waals surface area contributed by atoms with Crippen LogP contribution < -0.4 is 10.5 Å². The normalized spacial score (nSPS) is 11.5. The molecular weight excluding hydrogens is 291 g/mol. The summed E-state index contributed by atoms with van der Waals surface area (Å²) in [6, 6.07) is 3.31. The topological polar surface area (TPSA) is 81.4 Å². The average molecular weight is 306 g/mol. The Morgan fingerprint density at radius 2 is 2.21 bits per heavy atom. The van der Waals surface area contributed by atoms with Crippen molar-refractivity contribution in [1.29, 1.82) is 0 Å². The van der Waals surface area contributed by atoms with E-state index in [2.05, 4.69) is 16.9 Å². The van der Waals surface area contributed by atoms with Crippen LogP contribution in [-0.2, 0) is 14.8 Å². The lowest BCUT2D eigenvalue weighted by molar-refractivity contribution is 0.196. The summed E-state index contributed by atoms with van der Waals surface area (Å²) in [4.78, 5) is -0.261. The molecule has 1 rings (SSSR count). The number of sulfonamides is 1. The Hall–Kier alpha value is -1.09. The van der Waals surface area contributed by atoms with E-state index in [9.17, 15) is 12.8 Å². The Labute approximate surface area is 117 Å². The number of thiocarbonyl (C=S) groups is 1. The van der Waals surface area contributed by atoms with Crippen LogP contribution in [0.1, 0.15) is 12.0 Å². The van der Waals surface area contributed by atoms with E-state index in [-0.39, 0.29) is 22.0 Å². The van der Waals surface area contributed by atoms with Gasteiger partial charge < -0.3 is 10.5 Å². The minimum atomic E-state index is -3.70. The first-order valence-corrected chi connectivity index (χ1v) is 7.35. The van der Waals surface area contributed by atoms with Crippen LogP contribution in [0, 0.1) is 5.82 Å². The number of rotatable bonds is 7. The quantitative estimate of drug-likeness (QED) is 0.574. The van der Waals surface area contributed by atoms with Crippen molar-refractivity contribution >= 4 is 27.2 Å². The van der Waals surface area contributed by atoms with E-state index in [0.717, 1.165) is 18.2 Å². The second kappa shape index (κ2) is 6.90. The number of nitrogens with two attached hydrogens (primary N) is 1. The maximum absolute atomic E-state index is 13.4. The third kappa shape index (κ3) is 4.50. The Kier molecular flexibility index (Phi) is 5.80. The van der Waals surface area contributed by atoms with Crippen LogP contribution in [0.5, 0.6) is 0 Å². The number of benzene rings is 1. The maximum Gasteiger partial charge on any atom is 0.240 e. The van der Waals surface area contributed by atoms with Crippen LogP contribution in [0.25, 0.3) is 0 Å². The van der Waals surface area contributed by atoms with Crippen molar-refractivity contribution in [3.63, 3.8) is 0 Å². The van der Waals surface area contributed by atoms with Crippen molar-refractivity contribution in [1.82, 2.24) is 4.72 Å². The molecule has 5 nitrogen and oxygen atoms in total. The third-order valence-corrected chi connectivity index (χ3v) is 4.01. The fourth-order valence-electron chi connectivity index (χ4n) is 1.37. The van der Waals surface area contributed by atoms with Crippen LogP contribution >= 0.6 is 12.2 Å². The molecule has 0 unspecified atom stereocenters. The lowest BCUT2D eigenvalue weighted by atomic mass is 10.2. The summed E-state index contributed by atoms with van der Waals surface area (Å²) in [5.74, 6) is -0.647. The standard InChI is InChI=1S/C11H15FN2O3S2/c1-17-6-2-5-14-19(15,16)8-3-4-10(12)9(7-8)11(13)18/h3-4,7,14H,2,5-6H2,1H3,(H2,13,18). The number of methoxy groups -OCH3 is 1. The molecular formula is C11H15FN2O3S2. The zero-order valence-electron chi connectivity index (χ0n) is 10.3. The van der Waals surface area contributed by atoms with Gasteiger partial charge in [-0.3, -0.25) is 0 Å². The van der Waals surface area contributed by atoms with E-state index in [4.69, 9.17) is 10.5 Å². The van der Waals surface area contributed by atoms with Crippen LogP contribution in [0.3, 0.4) is 0 Å². The number of halogens is 1. The molecule has 3 N–H and O–H groups in total. The van der Waals surface area contributed by atoms with E-state index in [1.54, 1.807) is 0 Å². The number of nitrogens with one attached hydrogen (secondary N) is 1. The third-order valence-electron chi connectivity index (χ3n) is 2.33. The Morgan fingerprint density at radius 3 is 2.79 bits per heavy atom. The van der Waals surface area contributed by atoms with Gasteiger partial charge in [-0.05, 0) is 24.6 Å². The first-order valence-electron chi connectivity index (χ1n) is 5.46. The Morgan fingerprint density at radius 1 is 1.53 bits per heavy atom. The predicted molar refractivity (Wildman–Crippen MR) is 74.0 cm³/mol. The summed E-state index contributed by atoms with van der Waals surface area (Å²) in [5.41, 5.74) is 5.24. The highest BCUT2D eigenvalue weighted by atomic mass is 32.2. The molecule has 0 aliphatic rings. The molecule has 0 bridgehead atoms. The van der Waals surface area contributed by atoms with Gasteiger partial charge in [-0.1, -0.05) is 12.2 Å². The molecule has 1 aromatic carbocycles. The highest BCUT2D eigenvalue weighted by molar-refractivity contribution is 7.89. The Bertz CT molecular complexity index is 561. The molecule has 106 valence electrons. The summed E-state index contributed by atoms with van der Waals surface area (Å²) < 4.78 is 44.4. The van der Waals surface area contributed by atoms with Gasteiger partial charge >= 0.3 is 0 Å². The van der Waals surface area contributed by atoms with Gasteiger partial charge in [-0.15, -0.1) is 0 Å². The van der Waals surface area contributed by atoms with Crippen molar-refractivity contribution in [2.45, 2.75) is 11.3 Å². The van der Waals surface area contributed by atoms with Gasteiger partial charge in [0, 0.05) is 25.8 Å². The molecule has 0 radical (unpaired) electrons. The van der Waals surface area contributed by atoms with Gasteiger partial charge in [0.15, 0.2) is 0 Å². The van der Waals surface area contributed by atoms with Crippen molar-refractivity contribution in [2.75, 3.05) is 20.3 Å². The summed E-state index contributed by atoms with van der Waals surface area (Å²) >= 11 is 4.66. The molecule has 0 aliphatic carbocycles. The van der Waals surface area contributed by atoms with Gasteiger partial charge in [-0.25, -0.2) is 17.5 Å². The van der Waals surface area contributed by atoms with E-state index in [0.29, 0.717) is 13.0 Å². The van der Waals surface area contributed by atoms with Gasteiger partial charge in [0.2, 0.25) is 10.0 Å². The van der Waals surface area contributed by atoms with Gasteiger partial charge in [0.25, 0.3) is 0 Å². The smallest absolute Gasteiger partial charge is 0.240 e. The number of ether oxygens (including phenoxy) is 1. The first-order chi connectivity index (χ1) is 8.88. The maximum atomic E-state index is 13.4. The van der Waals surface area contributed by atoms with Gasteiger partial charge in [0.1, 0.15) is 10.8 Å². The zero-order valence-corrected chi connectivity index (χ0v) is 12.0. The molecule has 0 amide bonds. The fraction of sp³-hybridized carbons (Fsp3) is 0.364. The van der Waals surface area contributed by atoms with Crippen molar-refractivity contribution < 1.29 is 17.5 Å². The summed E-state index contributed by atoms with van der Waals surface area (Å²) in [5, 5.41) is 0. The molecule has 0 spiro atoms. The van der Waals surface area contributed by atoms with Gasteiger partial charge in [0.05, 0.1) is 4.90 Å². The highest BCUT2D eigenvalue weighted by Crippen LogP contribution is 2.15. The van der Waals surface area contributed by atoms with Crippen LogP contribution in [0.4, 0.5) is 4.39 Å². The monoisotopic (exact) mass is 306 g/mol. The van der Waals surface area contributed by atoms with Crippen LogP contribution in [0.2, 0.25) is 0 Å². The lowest BCUT2D eigenvalue weighted by Crippen LogP contribution is -2.26. The minimum absolute atomic E-state index is 0.0749. The first kappa shape index (κ1) is 16.0. The zero-order chi connectivity index (χ0) is 14.5. The highest BCUT2D eigenvalue weighted by Gasteiger charge is 2.16. The summed E-state index contributed by atoms with van der Waals surface area (Å²) in [7, 11) is -2.17.